The van der Waals surface area contributed by atoms with Gasteiger partial charge in [-0.1, -0.05) is 72.8 Å². The lowest BCUT2D eigenvalue weighted by atomic mass is 9.71. The maximum absolute atomic E-state index is 15.1. The van der Waals surface area contributed by atoms with Crippen LogP contribution in [0.2, 0.25) is 0 Å². The van der Waals surface area contributed by atoms with Gasteiger partial charge in [0.1, 0.15) is 0 Å². The highest BCUT2D eigenvalue weighted by Gasteiger charge is 2.53. The summed E-state index contributed by atoms with van der Waals surface area (Å²) >= 11 is 1.21. The van der Waals surface area contributed by atoms with Crippen LogP contribution >= 0.6 is 11.3 Å². The van der Waals surface area contributed by atoms with Crippen molar-refractivity contribution in [2.45, 2.75) is 5.41 Å². The van der Waals surface area contributed by atoms with Crippen molar-refractivity contribution in [3.8, 4) is 22.3 Å². The molecule has 0 N–H and O–H groups in total. The van der Waals surface area contributed by atoms with Crippen molar-refractivity contribution in [1.82, 2.24) is 0 Å². The minimum Gasteiger partial charge on any atom is -0.195 e. The lowest BCUT2D eigenvalue weighted by Gasteiger charge is -2.29. The van der Waals surface area contributed by atoms with Crippen molar-refractivity contribution < 1.29 is 4.39 Å². The lowest BCUT2D eigenvalue weighted by molar-refractivity contribution is 0.618. The molecular formula is C23H13FS. The van der Waals surface area contributed by atoms with Crippen molar-refractivity contribution in [1.29, 1.82) is 0 Å². The molecule has 1 spiro atoms. The molecule has 0 amide bonds. The van der Waals surface area contributed by atoms with E-state index in [0.29, 0.717) is 0 Å². The monoisotopic (exact) mass is 340 g/mol. The first-order valence-corrected chi connectivity index (χ1v) is 9.28. The van der Waals surface area contributed by atoms with E-state index in [1.54, 1.807) is 0 Å². The number of hydrogen-bond donors (Lipinski definition) is 0. The molecule has 0 radical (unpaired) electrons. The highest BCUT2D eigenvalue weighted by Crippen LogP contribution is 2.63. The van der Waals surface area contributed by atoms with E-state index in [9.17, 15) is 0 Å². The maximum atomic E-state index is 15.1. The molecule has 1 aromatic heterocycles. The predicted octanol–water partition coefficient (Wildman–Crippen LogP) is 6.23. The molecule has 0 atom stereocenters. The Labute approximate surface area is 149 Å². The largest absolute Gasteiger partial charge is 0.195 e. The molecule has 3 aromatic carbocycles. The number of hydrogen-bond acceptors (Lipinski definition) is 1. The van der Waals surface area contributed by atoms with E-state index < -0.39 is 5.41 Å². The quantitative estimate of drug-likeness (QED) is 0.307. The van der Waals surface area contributed by atoms with Crippen LogP contribution in [0, 0.1) is 5.13 Å². The Bertz CT molecular complexity index is 1120. The fourth-order valence-corrected chi connectivity index (χ4v) is 5.70. The Balaban J connectivity index is 1.90. The van der Waals surface area contributed by atoms with Gasteiger partial charge in [-0.05, 0) is 33.4 Å². The number of thiophene rings is 1. The van der Waals surface area contributed by atoms with Gasteiger partial charge < -0.3 is 0 Å². The van der Waals surface area contributed by atoms with Crippen LogP contribution in [0.3, 0.4) is 0 Å². The van der Waals surface area contributed by atoms with Gasteiger partial charge in [0.25, 0.3) is 0 Å². The van der Waals surface area contributed by atoms with Crippen LogP contribution in [0.5, 0.6) is 0 Å². The number of halogens is 1. The number of rotatable bonds is 0. The number of fused-ring (bicyclic) bond motifs is 10. The molecule has 0 nitrogen and oxygen atoms in total. The molecule has 118 valence electrons. The van der Waals surface area contributed by atoms with Crippen LogP contribution in [0.15, 0.2) is 78.2 Å². The van der Waals surface area contributed by atoms with Crippen molar-refractivity contribution in [2.24, 2.45) is 0 Å². The van der Waals surface area contributed by atoms with Gasteiger partial charge in [-0.15, -0.1) is 11.3 Å². The summed E-state index contributed by atoms with van der Waals surface area (Å²) in [7, 11) is 0. The lowest BCUT2D eigenvalue weighted by Crippen LogP contribution is -2.26. The SMILES string of the molecule is Fc1scc2c1C1(c3ccccc3-c3ccccc31)c1ccccc1-2. The van der Waals surface area contributed by atoms with Crippen LogP contribution in [-0.4, -0.2) is 0 Å². The molecule has 2 aliphatic rings. The van der Waals surface area contributed by atoms with E-state index in [0.717, 1.165) is 16.7 Å². The highest BCUT2D eigenvalue weighted by atomic mass is 32.1. The van der Waals surface area contributed by atoms with Gasteiger partial charge >= 0.3 is 0 Å². The molecule has 4 aromatic rings. The van der Waals surface area contributed by atoms with Crippen molar-refractivity contribution >= 4 is 11.3 Å². The molecular weight excluding hydrogens is 327 g/mol. The zero-order valence-corrected chi connectivity index (χ0v) is 14.1. The number of benzene rings is 3. The summed E-state index contributed by atoms with van der Waals surface area (Å²) in [5, 5.41) is 1.90. The van der Waals surface area contributed by atoms with Gasteiger partial charge in [0.15, 0.2) is 5.13 Å². The van der Waals surface area contributed by atoms with Crippen LogP contribution < -0.4 is 0 Å². The van der Waals surface area contributed by atoms with Gasteiger partial charge in [0.05, 0.1) is 5.41 Å². The summed E-state index contributed by atoms with van der Waals surface area (Å²) in [4.78, 5) is 0. The molecule has 2 heteroatoms. The molecule has 0 saturated heterocycles. The standard InChI is InChI=1S/C23H13FS/c24-22-21-17(13-25-22)16-9-3-6-12-20(16)23(21)18-10-4-1-7-14(18)15-8-2-5-11-19(15)23/h1-13H. The molecule has 0 saturated carbocycles. The Hall–Kier alpha value is -2.71. The van der Waals surface area contributed by atoms with Crippen molar-refractivity contribution in [3.05, 3.63) is 106 Å². The summed E-state index contributed by atoms with van der Waals surface area (Å²) in [6, 6.07) is 25.3. The van der Waals surface area contributed by atoms with Crippen molar-refractivity contribution in [3.63, 3.8) is 0 Å². The first kappa shape index (κ1) is 13.6. The average Bonchev–Trinajstić information content (AvgIpc) is 3.28. The predicted molar refractivity (Wildman–Crippen MR) is 101 cm³/mol. The van der Waals surface area contributed by atoms with Gasteiger partial charge in [0.2, 0.25) is 0 Å². The van der Waals surface area contributed by atoms with Crippen LogP contribution in [0.25, 0.3) is 22.3 Å². The minimum atomic E-state index is -0.525. The van der Waals surface area contributed by atoms with Gasteiger partial charge in [-0.3, -0.25) is 0 Å². The smallest absolute Gasteiger partial charge is 0.181 e. The second kappa shape index (κ2) is 4.47. The first-order chi connectivity index (χ1) is 12.3. The second-order valence-corrected chi connectivity index (χ2v) is 7.51. The topological polar surface area (TPSA) is 0 Å². The van der Waals surface area contributed by atoms with E-state index in [1.165, 1.54) is 39.2 Å². The zero-order chi connectivity index (χ0) is 16.6. The molecule has 25 heavy (non-hydrogen) atoms. The van der Waals surface area contributed by atoms with Gasteiger partial charge in [-0.25, -0.2) is 0 Å². The average molecular weight is 340 g/mol. The Morgan fingerprint density at radius 2 is 1.04 bits per heavy atom. The summed E-state index contributed by atoms with van der Waals surface area (Å²) in [6.07, 6.45) is 0. The maximum Gasteiger partial charge on any atom is 0.181 e. The molecule has 0 fully saturated rings. The van der Waals surface area contributed by atoms with Crippen LogP contribution in [0.4, 0.5) is 4.39 Å². The third-order valence-corrected chi connectivity index (χ3v) is 6.46. The Kier molecular flexibility index (Phi) is 2.42. The minimum absolute atomic E-state index is 0.0716. The fraction of sp³-hybridized carbons (Fsp3) is 0.0435. The fourth-order valence-electron chi connectivity index (χ4n) is 4.86. The third kappa shape index (κ3) is 1.40. The normalized spacial score (nSPS) is 14.9. The summed E-state index contributed by atoms with van der Waals surface area (Å²) < 4.78 is 15.1. The van der Waals surface area contributed by atoms with Gasteiger partial charge in [0, 0.05) is 16.5 Å². The van der Waals surface area contributed by atoms with E-state index in [1.807, 2.05) is 11.4 Å². The summed E-state index contributed by atoms with van der Waals surface area (Å²) in [5.74, 6) is 0. The zero-order valence-electron chi connectivity index (χ0n) is 13.3. The Morgan fingerprint density at radius 3 is 1.56 bits per heavy atom. The molecule has 2 aliphatic carbocycles. The first-order valence-electron chi connectivity index (χ1n) is 8.40. The second-order valence-electron chi connectivity index (χ2n) is 6.68. The van der Waals surface area contributed by atoms with E-state index in [2.05, 4.69) is 66.7 Å². The summed E-state index contributed by atoms with van der Waals surface area (Å²) in [6.45, 7) is 0. The summed E-state index contributed by atoms with van der Waals surface area (Å²) in [5.41, 5.74) is 8.52. The van der Waals surface area contributed by atoms with Crippen LogP contribution in [0.1, 0.15) is 22.3 Å². The molecule has 1 heterocycles. The highest BCUT2D eigenvalue weighted by molar-refractivity contribution is 7.08. The molecule has 0 bridgehead atoms. The van der Waals surface area contributed by atoms with Gasteiger partial charge in [-0.2, -0.15) is 4.39 Å². The Morgan fingerprint density at radius 1 is 0.600 bits per heavy atom. The molecule has 6 rings (SSSR count). The molecule has 0 unspecified atom stereocenters. The third-order valence-electron chi connectivity index (χ3n) is 5.69. The van der Waals surface area contributed by atoms with E-state index in [4.69, 9.17) is 0 Å². The van der Waals surface area contributed by atoms with Crippen LogP contribution in [-0.2, 0) is 5.41 Å². The van der Waals surface area contributed by atoms with E-state index >= 15 is 4.39 Å². The molecule has 0 aliphatic heterocycles. The van der Waals surface area contributed by atoms with E-state index in [-0.39, 0.29) is 5.13 Å². The van der Waals surface area contributed by atoms with Crippen molar-refractivity contribution in [2.75, 3.05) is 0 Å².